The highest BCUT2D eigenvalue weighted by molar-refractivity contribution is 5.86. The molecule has 0 radical (unpaired) electrons. The standard InChI is InChI=1S/C26H24N2O2/c29-26(28-15-14-24-22(17-28)21-11-5-6-12-23(21)27-24)18-30-25-13-7-4-10-20(25)16-19-8-2-1-3-9-19/h1-13,27H,14-18H2. The van der Waals surface area contributed by atoms with Crippen molar-refractivity contribution in [2.24, 2.45) is 0 Å². The number of ether oxygens (including phenoxy) is 1. The number of carbonyl (C=O) groups is 1. The van der Waals surface area contributed by atoms with Gasteiger partial charge in [-0.05, 0) is 23.3 Å². The molecule has 3 aromatic carbocycles. The average Bonchev–Trinajstić information content (AvgIpc) is 3.17. The lowest BCUT2D eigenvalue weighted by atomic mass is 10.0. The van der Waals surface area contributed by atoms with E-state index < -0.39 is 0 Å². The molecule has 0 unspecified atom stereocenters. The molecule has 30 heavy (non-hydrogen) atoms. The number of aromatic amines is 1. The second-order valence-corrected chi connectivity index (χ2v) is 7.75. The van der Waals surface area contributed by atoms with Gasteiger partial charge in [0.05, 0.1) is 0 Å². The number of amides is 1. The monoisotopic (exact) mass is 396 g/mol. The molecule has 1 aliphatic rings. The first-order valence-corrected chi connectivity index (χ1v) is 10.4. The molecule has 5 rings (SSSR count). The number of carbonyl (C=O) groups excluding carboxylic acids is 1. The van der Waals surface area contributed by atoms with Gasteiger partial charge in [0.25, 0.3) is 5.91 Å². The van der Waals surface area contributed by atoms with Crippen LogP contribution in [0, 0.1) is 0 Å². The summed E-state index contributed by atoms with van der Waals surface area (Å²) in [5, 5.41) is 1.21. The third-order valence-electron chi connectivity index (χ3n) is 5.80. The summed E-state index contributed by atoms with van der Waals surface area (Å²) in [6, 6.07) is 26.6. The summed E-state index contributed by atoms with van der Waals surface area (Å²) >= 11 is 0. The fraction of sp³-hybridized carbons (Fsp3) is 0.192. The van der Waals surface area contributed by atoms with Crippen LogP contribution in [0.2, 0.25) is 0 Å². The average molecular weight is 396 g/mol. The van der Waals surface area contributed by atoms with Crippen LogP contribution in [0.3, 0.4) is 0 Å². The van der Waals surface area contributed by atoms with E-state index in [9.17, 15) is 4.79 Å². The molecule has 0 bridgehead atoms. The van der Waals surface area contributed by atoms with E-state index in [4.69, 9.17) is 4.74 Å². The molecule has 0 spiro atoms. The van der Waals surface area contributed by atoms with E-state index in [0.29, 0.717) is 13.1 Å². The lowest BCUT2D eigenvalue weighted by Gasteiger charge is -2.27. The van der Waals surface area contributed by atoms with Gasteiger partial charge in [-0.15, -0.1) is 0 Å². The normalized spacial score (nSPS) is 13.3. The van der Waals surface area contributed by atoms with Gasteiger partial charge in [-0.3, -0.25) is 4.79 Å². The first kappa shape index (κ1) is 18.5. The molecule has 0 aliphatic carbocycles. The minimum Gasteiger partial charge on any atom is -0.483 e. The zero-order valence-corrected chi connectivity index (χ0v) is 16.8. The molecule has 0 saturated heterocycles. The van der Waals surface area contributed by atoms with E-state index in [0.717, 1.165) is 29.7 Å². The van der Waals surface area contributed by atoms with Crippen LogP contribution in [0.4, 0.5) is 0 Å². The van der Waals surface area contributed by atoms with Gasteiger partial charge >= 0.3 is 0 Å². The van der Waals surface area contributed by atoms with Crippen LogP contribution in [0.5, 0.6) is 5.75 Å². The summed E-state index contributed by atoms with van der Waals surface area (Å²) < 4.78 is 5.98. The topological polar surface area (TPSA) is 45.3 Å². The van der Waals surface area contributed by atoms with Gasteiger partial charge < -0.3 is 14.6 Å². The lowest BCUT2D eigenvalue weighted by molar-refractivity contribution is -0.134. The van der Waals surface area contributed by atoms with Gasteiger partial charge in [0.1, 0.15) is 5.75 Å². The Balaban J connectivity index is 1.27. The maximum Gasteiger partial charge on any atom is 0.260 e. The number of para-hydroxylation sites is 2. The predicted molar refractivity (Wildman–Crippen MR) is 119 cm³/mol. The molecule has 0 saturated carbocycles. The number of benzene rings is 3. The Hall–Kier alpha value is -3.53. The SMILES string of the molecule is O=C(COc1ccccc1Cc1ccccc1)N1CCc2[nH]c3ccccc3c2C1. The number of rotatable bonds is 5. The Morgan fingerprint density at radius 3 is 2.60 bits per heavy atom. The van der Waals surface area contributed by atoms with Gasteiger partial charge in [-0.2, -0.15) is 0 Å². The number of aromatic nitrogens is 1. The van der Waals surface area contributed by atoms with Crippen LogP contribution in [-0.2, 0) is 24.2 Å². The molecule has 4 heteroatoms. The van der Waals surface area contributed by atoms with Gasteiger partial charge in [0.15, 0.2) is 6.61 Å². The third kappa shape index (κ3) is 3.69. The summed E-state index contributed by atoms with van der Waals surface area (Å²) in [6.07, 6.45) is 1.63. The highest BCUT2D eigenvalue weighted by Crippen LogP contribution is 2.28. The van der Waals surface area contributed by atoms with E-state index in [-0.39, 0.29) is 12.5 Å². The Bertz CT molecular complexity index is 1180. The van der Waals surface area contributed by atoms with Crippen molar-refractivity contribution in [1.29, 1.82) is 0 Å². The lowest BCUT2D eigenvalue weighted by Crippen LogP contribution is -2.38. The van der Waals surface area contributed by atoms with Gasteiger partial charge in [-0.25, -0.2) is 0 Å². The summed E-state index contributed by atoms with van der Waals surface area (Å²) in [7, 11) is 0. The Labute approximate surface area is 176 Å². The minimum atomic E-state index is 0.0282. The highest BCUT2D eigenvalue weighted by Gasteiger charge is 2.24. The number of H-pyrrole nitrogens is 1. The van der Waals surface area contributed by atoms with Crippen LogP contribution < -0.4 is 4.74 Å². The van der Waals surface area contributed by atoms with E-state index in [1.165, 1.54) is 22.2 Å². The van der Waals surface area contributed by atoms with Crippen molar-refractivity contribution in [3.8, 4) is 5.75 Å². The summed E-state index contributed by atoms with van der Waals surface area (Å²) in [5.41, 5.74) is 5.93. The molecular formula is C26H24N2O2. The van der Waals surface area contributed by atoms with Crippen LogP contribution >= 0.6 is 0 Å². The molecule has 0 fully saturated rings. The molecule has 4 nitrogen and oxygen atoms in total. The molecule has 4 aromatic rings. The Kier molecular flexibility index (Phi) is 4.98. The summed E-state index contributed by atoms with van der Waals surface area (Å²) in [4.78, 5) is 18.3. The van der Waals surface area contributed by atoms with Crippen molar-refractivity contribution < 1.29 is 9.53 Å². The van der Waals surface area contributed by atoms with Crippen LogP contribution in [0.15, 0.2) is 78.9 Å². The number of hydrogen-bond acceptors (Lipinski definition) is 2. The first-order valence-electron chi connectivity index (χ1n) is 10.4. The molecule has 0 atom stereocenters. The molecule has 1 aromatic heterocycles. The molecule has 1 aliphatic heterocycles. The van der Waals surface area contributed by atoms with Crippen molar-refractivity contribution in [3.63, 3.8) is 0 Å². The van der Waals surface area contributed by atoms with E-state index in [2.05, 4.69) is 35.3 Å². The van der Waals surface area contributed by atoms with Crippen LogP contribution in [0.1, 0.15) is 22.4 Å². The summed E-state index contributed by atoms with van der Waals surface area (Å²) in [6.45, 7) is 1.41. The molecule has 2 heterocycles. The molecule has 150 valence electrons. The number of fused-ring (bicyclic) bond motifs is 3. The van der Waals surface area contributed by atoms with Crippen molar-refractivity contribution in [3.05, 3.63) is 101 Å². The quantitative estimate of drug-likeness (QED) is 0.530. The number of nitrogens with one attached hydrogen (secondary N) is 1. The number of nitrogens with zero attached hydrogens (tertiary/aromatic N) is 1. The summed E-state index contributed by atoms with van der Waals surface area (Å²) in [5.74, 6) is 0.806. The van der Waals surface area contributed by atoms with E-state index in [1.807, 2.05) is 53.4 Å². The van der Waals surface area contributed by atoms with Crippen molar-refractivity contribution in [1.82, 2.24) is 9.88 Å². The second kappa shape index (κ2) is 8.07. The maximum absolute atomic E-state index is 12.9. The van der Waals surface area contributed by atoms with E-state index >= 15 is 0 Å². The highest BCUT2D eigenvalue weighted by atomic mass is 16.5. The Morgan fingerprint density at radius 2 is 1.70 bits per heavy atom. The van der Waals surface area contributed by atoms with Gasteiger partial charge in [0, 0.05) is 48.1 Å². The van der Waals surface area contributed by atoms with Crippen LogP contribution in [-0.4, -0.2) is 28.9 Å². The largest absolute Gasteiger partial charge is 0.483 e. The third-order valence-corrected chi connectivity index (χ3v) is 5.80. The maximum atomic E-state index is 12.9. The minimum absolute atomic E-state index is 0.0282. The Morgan fingerprint density at radius 1 is 0.933 bits per heavy atom. The molecule has 1 amide bonds. The van der Waals surface area contributed by atoms with Crippen LogP contribution in [0.25, 0.3) is 10.9 Å². The van der Waals surface area contributed by atoms with Crippen molar-refractivity contribution in [2.45, 2.75) is 19.4 Å². The van der Waals surface area contributed by atoms with Crippen molar-refractivity contribution >= 4 is 16.8 Å². The predicted octanol–water partition coefficient (Wildman–Crippen LogP) is 4.72. The van der Waals surface area contributed by atoms with Gasteiger partial charge in [0.2, 0.25) is 0 Å². The first-order chi connectivity index (χ1) is 14.8. The zero-order valence-electron chi connectivity index (χ0n) is 16.8. The number of hydrogen-bond donors (Lipinski definition) is 1. The second-order valence-electron chi connectivity index (χ2n) is 7.75. The van der Waals surface area contributed by atoms with Gasteiger partial charge in [-0.1, -0.05) is 66.7 Å². The molecular weight excluding hydrogens is 372 g/mol. The zero-order chi connectivity index (χ0) is 20.3. The smallest absolute Gasteiger partial charge is 0.260 e. The fourth-order valence-electron chi connectivity index (χ4n) is 4.22. The van der Waals surface area contributed by atoms with Crippen molar-refractivity contribution in [2.75, 3.05) is 13.2 Å². The molecule has 1 N–H and O–H groups in total. The fourth-order valence-corrected chi connectivity index (χ4v) is 4.22. The van der Waals surface area contributed by atoms with E-state index in [1.54, 1.807) is 0 Å².